The highest BCUT2D eigenvalue weighted by molar-refractivity contribution is 6.05. The van der Waals surface area contributed by atoms with E-state index in [4.69, 9.17) is 4.74 Å². The molecule has 0 bridgehead atoms. The highest BCUT2D eigenvalue weighted by Crippen LogP contribution is 2.24. The number of ether oxygens (including phenoxy) is 1. The summed E-state index contributed by atoms with van der Waals surface area (Å²) in [7, 11) is 1.55. The molecule has 1 fully saturated rings. The zero-order chi connectivity index (χ0) is 21.5. The molecule has 1 heterocycles. The third-order valence-electron chi connectivity index (χ3n) is 5.14. The van der Waals surface area contributed by atoms with E-state index in [1.54, 1.807) is 48.4 Å². The Hall–Kier alpha value is -3.35. The van der Waals surface area contributed by atoms with Gasteiger partial charge in [0.2, 0.25) is 11.8 Å². The number of anilines is 2. The zero-order valence-electron chi connectivity index (χ0n) is 17.3. The first-order valence-electron chi connectivity index (χ1n) is 10.1. The minimum atomic E-state index is -0.345. The summed E-state index contributed by atoms with van der Waals surface area (Å²) in [4.78, 5) is 38.8. The first-order valence-corrected chi connectivity index (χ1v) is 10.1. The summed E-state index contributed by atoms with van der Waals surface area (Å²) < 4.78 is 5.24. The third-order valence-corrected chi connectivity index (χ3v) is 5.14. The van der Waals surface area contributed by atoms with Gasteiger partial charge in [-0.05, 0) is 42.8 Å². The smallest absolute Gasteiger partial charge is 0.255 e. The van der Waals surface area contributed by atoms with Crippen molar-refractivity contribution in [3.63, 3.8) is 0 Å². The SMILES string of the molecule is CCCCN1C[C@H](C(=O)Nc2ccc(C(=O)Nc3ccccc3OC)cc2)CC1=O. The standard InChI is InChI=1S/C23H27N3O4/c1-3-4-13-26-15-17(14-21(26)27)23(29)24-18-11-9-16(10-12-18)22(28)25-19-7-5-6-8-20(19)30-2/h5-12,17H,3-4,13-15H2,1-2H3,(H,24,29)(H,25,28)/t17-/m1/s1. The molecule has 7 nitrogen and oxygen atoms in total. The van der Waals surface area contributed by atoms with Crippen LogP contribution < -0.4 is 15.4 Å². The zero-order valence-corrected chi connectivity index (χ0v) is 17.3. The maximum absolute atomic E-state index is 12.5. The minimum absolute atomic E-state index is 0.0342. The van der Waals surface area contributed by atoms with E-state index in [0.29, 0.717) is 35.8 Å². The van der Waals surface area contributed by atoms with Crippen LogP contribution in [0.4, 0.5) is 11.4 Å². The lowest BCUT2D eigenvalue weighted by Gasteiger charge is -2.16. The summed E-state index contributed by atoms with van der Waals surface area (Å²) >= 11 is 0. The van der Waals surface area contributed by atoms with E-state index in [1.165, 1.54) is 0 Å². The van der Waals surface area contributed by atoms with Gasteiger partial charge in [-0.25, -0.2) is 0 Å². The van der Waals surface area contributed by atoms with E-state index in [9.17, 15) is 14.4 Å². The number of benzene rings is 2. The van der Waals surface area contributed by atoms with Crippen LogP contribution in [0.25, 0.3) is 0 Å². The highest BCUT2D eigenvalue weighted by atomic mass is 16.5. The molecule has 1 saturated heterocycles. The summed E-state index contributed by atoms with van der Waals surface area (Å²) in [5.74, 6) is -0.178. The number of carbonyl (C=O) groups is 3. The van der Waals surface area contributed by atoms with Crippen molar-refractivity contribution >= 4 is 29.1 Å². The first kappa shape index (κ1) is 21.4. The van der Waals surface area contributed by atoms with Crippen LogP contribution in [0.2, 0.25) is 0 Å². The van der Waals surface area contributed by atoms with Crippen LogP contribution in [0.15, 0.2) is 48.5 Å². The van der Waals surface area contributed by atoms with Crippen LogP contribution in [0, 0.1) is 5.92 Å². The van der Waals surface area contributed by atoms with Crippen molar-refractivity contribution in [2.45, 2.75) is 26.2 Å². The minimum Gasteiger partial charge on any atom is -0.495 e. The van der Waals surface area contributed by atoms with Gasteiger partial charge in [-0.2, -0.15) is 0 Å². The van der Waals surface area contributed by atoms with E-state index < -0.39 is 0 Å². The normalized spacial score (nSPS) is 15.7. The van der Waals surface area contributed by atoms with Crippen molar-refractivity contribution in [3.8, 4) is 5.75 Å². The molecule has 1 atom stereocenters. The van der Waals surface area contributed by atoms with Crippen molar-refractivity contribution in [2.24, 2.45) is 5.92 Å². The van der Waals surface area contributed by atoms with Gasteiger partial charge in [0.15, 0.2) is 0 Å². The quantitative estimate of drug-likeness (QED) is 0.698. The molecule has 0 radical (unpaired) electrons. The summed E-state index contributed by atoms with van der Waals surface area (Å²) in [6.07, 6.45) is 2.20. The van der Waals surface area contributed by atoms with Gasteiger partial charge in [0, 0.05) is 30.8 Å². The van der Waals surface area contributed by atoms with Crippen molar-refractivity contribution in [3.05, 3.63) is 54.1 Å². The van der Waals surface area contributed by atoms with Crippen LogP contribution in [-0.4, -0.2) is 42.8 Å². The highest BCUT2D eigenvalue weighted by Gasteiger charge is 2.33. The number of nitrogens with zero attached hydrogens (tertiary/aromatic N) is 1. The number of hydrogen-bond acceptors (Lipinski definition) is 4. The molecule has 3 amide bonds. The Morgan fingerprint density at radius 2 is 1.83 bits per heavy atom. The molecule has 0 spiro atoms. The number of methoxy groups -OCH3 is 1. The largest absolute Gasteiger partial charge is 0.495 e. The topological polar surface area (TPSA) is 87.7 Å². The van der Waals surface area contributed by atoms with Gasteiger partial charge in [0.05, 0.1) is 18.7 Å². The van der Waals surface area contributed by atoms with Gasteiger partial charge in [-0.15, -0.1) is 0 Å². The number of amides is 3. The molecule has 7 heteroatoms. The Balaban J connectivity index is 1.57. The van der Waals surface area contributed by atoms with Crippen LogP contribution in [0.5, 0.6) is 5.75 Å². The first-order chi connectivity index (χ1) is 14.5. The average molecular weight is 409 g/mol. The second kappa shape index (κ2) is 9.91. The molecular weight excluding hydrogens is 382 g/mol. The molecule has 2 aromatic carbocycles. The van der Waals surface area contributed by atoms with Crippen LogP contribution in [0.1, 0.15) is 36.5 Å². The lowest BCUT2D eigenvalue weighted by atomic mass is 10.1. The number of nitrogens with one attached hydrogen (secondary N) is 2. The lowest BCUT2D eigenvalue weighted by Crippen LogP contribution is -2.29. The maximum atomic E-state index is 12.5. The van der Waals surface area contributed by atoms with Gasteiger partial charge in [0.1, 0.15) is 5.75 Å². The maximum Gasteiger partial charge on any atom is 0.255 e. The summed E-state index contributed by atoms with van der Waals surface area (Å²) in [6, 6.07) is 13.8. The molecule has 0 aliphatic carbocycles. The second-order valence-corrected chi connectivity index (χ2v) is 7.32. The van der Waals surface area contributed by atoms with E-state index >= 15 is 0 Å². The molecular formula is C23H27N3O4. The molecule has 0 saturated carbocycles. The molecule has 1 aliphatic heterocycles. The predicted octanol–water partition coefficient (Wildman–Crippen LogP) is 3.53. The number of unbranched alkanes of at least 4 members (excludes halogenated alkanes) is 1. The molecule has 158 valence electrons. The molecule has 30 heavy (non-hydrogen) atoms. The van der Waals surface area contributed by atoms with Crippen LogP contribution >= 0.6 is 0 Å². The average Bonchev–Trinajstić information content (AvgIpc) is 3.13. The molecule has 1 aliphatic rings. The van der Waals surface area contributed by atoms with Crippen molar-refractivity contribution in [1.29, 1.82) is 0 Å². The number of likely N-dealkylation sites (tertiary alicyclic amines) is 1. The predicted molar refractivity (Wildman–Crippen MR) is 116 cm³/mol. The Labute approximate surface area is 176 Å². The lowest BCUT2D eigenvalue weighted by molar-refractivity contribution is -0.128. The Kier molecular flexibility index (Phi) is 7.06. The Morgan fingerprint density at radius 1 is 1.10 bits per heavy atom. The van der Waals surface area contributed by atoms with E-state index in [0.717, 1.165) is 12.8 Å². The monoisotopic (exact) mass is 409 g/mol. The van der Waals surface area contributed by atoms with Crippen LogP contribution in [0.3, 0.4) is 0 Å². The molecule has 2 aromatic rings. The van der Waals surface area contributed by atoms with E-state index in [-0.39, 0.29) is 30.1 Å². The molecule has 2 N–H and O–H groups in total. The van der Waals surface area contributed by atoms with Gasteiger partial charge in [-0.3, -0.25) is 14.4 Å². The van der Waals surface area contributed by atoms with Gasteiger partial charge in [-0.1, -0.05) is 25.5 Å². The van der Waals surface area contributed by atoms with Crippen LogP contribution in [-0.2, 0) is 9.59 Å². The second-order valence-electron chi connectivity index (χ2n) is 7.32. The van der Waals surface area contributed by atoms with Gasteiger partial charge >= 0.3 is 0 Å². The number of hydrogen-bond donors (Lipinski definition) is 2. The molecule has 0 aromatic heterocycles. The fourth-order valence-corrected chi connectivity index (χ4v) is 3.40. The molecule has 0 unspecified atom stereocenters. The number of rotatable bonds is 8. The number of para-hydroxylation sites is 2. The van der Waals surface area contributed by atoms with Crippen molar-refractivity contribution in [2.75, 3.05) is 30.8 Å². The van der Waals surface area contributed by atoms with Crippen molar-refractivity contribution < 1.29 is 19.1 Å². The van der Waals surface area contributed by atoms with Gasteiger partial charge in [0.25, 0.3) is 5.91 Å². The van der Waals surface area contributed by atoms with Gasteiger partial charge < -0.3 is 20.3 Å². The number of carbonyl (C=O) groups excluding carboxylic acids is 3. The third kappa shape index (κ3) is 5.17. The summed E-state index contributed by atoms with van der Waals surface area (Å²) in [6.45, 7) is 3.24. The van der Waals surface area contributed by atoms with E-state index in [2.05, 4.69) is 17.6 Å². The Bertz CT molecular complexity index is 911. The fraction of sp³-hybridized carbons (Fsp3) is 0.348. The van der Waals surface area contributed by atoms with Crippen molar-refractivity contribution in [1.82, 2.24) is 4.90 Å². The van der Waals surface area contributed by atoms with E-state index in [1.807, 2.05) is 12.1 Å². The summed E-state index contributed by atoms with van der Waals surface area (Å²) in [5, 5.41) is 5.66. The molecule has 3 rings (SSSR count). The fourth-order valence-electron chi connectivity index (χ4n) is 3.40. The summed E-state index contributed by atoms with van der Waals surface area (Å²) in [5.41, 5.74) is 1.63. The Morgan fingerprint density at radius 3 is 2.53 bits per heavy atom.